The third kappa shape index (κ3) is 3.80. The summed E-state index contributed by atoms with van der Waals surface area (Å²) in [5, 5.41) is 4.25. The number of aromatic nitrogens is 3. The lowest BCUT2D eigenvalue weighted by atomic mass is 10.0. The molecule has 1 unspecified atom stereocenters. The van der Waals surface area contributed by atoms with E-state index >= 15 is 0 Å². The van der Waals surface area contributed by atoms with Crippen LogP contribution in [0.15, 0.2) is 30.6 Å². The normalized spacial score (nSPS) is 12.3. The van der Waals surface area contributed by atoms with Gasteiger partial charge in [-0.3, -0.25) is 16.0 Å². The van der Waals surface area contributed by atoms with Crippen LogP contribution in [-0.2, 0) is 13.0 Å². The minimum absolute atomic E-state index is 0.0624. The topological polar surface area (TPSA) is 78.0 Å². The summed E-state index contributed by atoms with van der Waals surface area (Å²) in [5.74, 6) is 7.52. The van der Waals surface area contributed by atoms with Gasteiger partial charge in [0.05, 0.1) is 12.6 Å². The molecule has 0 aliphatic heterocycles. The lowest BCUT2D eigenvalue weighted by Crippen LogP contribution is -2.31. The summed E-state index contributed by atoms with van der Waals surface area (Å²) in [6.45, 7) is 5.58. The predicted molar refractivity (Wildman–Crippen MR) is 81.7 cm³/mol. The molecule has 0 bridgehead atoms. The van der Waals surface area contributed by atoms with Crippen molar-refractivity contribution in [1.29, 1.82) is 0 Å². The molecule has 0 radical (unpaired) electrons. The van der Waals surface area contributed by atoms with Gasteiger partial charge in [0.2, 0.25) is 0 Å². The first-order valence-electron chi connectivity index (χ1n) is 7.34. The molecule has 0 saturated carbocycles. The van der Waals surface area contributed by atoms with Crippen molar-refractivity contribution in [2.24, 2.45) is 5.84 Å². The largest absolute Gasteiger partial charge is 0.494 e. The molecule has 0 amide bonds. The Morgan fingerprint density at radius 1 is 1.33 bits per heavy atom. The molecule has 1 atom stereocenters. The summed E-state index contributed by atoms with van der Waals surface area (Å²) in [6, 6.07) is 7.86. The molecule has 1 aromatic heterocycles. The fourth-order valence-electron chi connectivity index (χ4n) is 2.34. The van der Waals surface area contributed by atoms with Gasteiger partial charge < -0.3 is 4.74 Å². The smallest absolute Gasteiger partial charge is 0.138 e. The third-order valence-corrected chi connectivity index (χ3v) is 3.31. The Balaban J connectivity index is 2.21. The molecule has 0 saturated heterocycles. The molecule has 1 aromatic carbocycles. The minimum atomic E-state index is -0.0624. The van der Waals surface area contributed by atoms with Crippen LogP contribution in [0.25, 0.3) is 0 Å². The van der Waals surface area contributed by atoms with Crippen molar-refractivity contribution in [3.63, 3.8) is 0 Å². The number of benzene rings is 1. The summed E-state index contributed by atoms with van der Waals surface area (Å²) >= 11 is 0. The second-order valence-electron chi connectivity index (χ2n) is 4.79. The van der Waals surface area contributed by atoms with Crippen molar-refractivity contribution in [3.05, 3.63) is 42.0 Å². The van der Waals surface area contributed by atoms with Crippen molar-refractivity contribution < 1.29 is 4.74 Å². The van der Waals surface area contributed by atoms with Crippen molar-refractivity contribution in [2.45, 2.75) is 39.3 Å². The first-order chi connectivity index (χ1) is 10.3. The number of ether oxygens (including phenoxy) is 1. The number of nitrogens with two attached hydrogens (primary N) is 1. The SMILES string of the molecule is CCCn1ncnc1CC(NN)c1ccccc1OCC. The molecule has 0 aliphatic carbocycles. The van der Waals surface area contributed by atoms with E-state index < -0.39 is 0 Å². The lowest BCUT2D eigenvalue weighted by molar-refractivity contribution is 0.330. The molecule has 0 fully saturated rings. The van der Waals surface area contributed by atoms with Crippen LogP contribution in [0.2, 0.25) is 0 Å². The molecule has 21 heavy (non-hydrogen) atoms. The van der Waals surface area contributed by atoms with Crippen LogP contribution in [0.3, 0.4) is 0 Å². The molecule has 3 N–H and O–H groups in total. The van der Waals surface area contributed by atoms with Crippen molar-refractivity contribution in [1.82, 2.24) is 20.2 Å². The van der Waals surface area contributed by atoms with Crippen LogP contribution in [0, 0.1) is 0 Å². The molecule has 0 spiro atoms. The van der Waals surface area contributed by atoms with Crippen molar-refractivity contribution in [2.75, 3.05) is 6.61 Å². The van der Waals surface area contributed by atoms with Gasteiger partial charge >= 0.3 is 0 Å². The number of aryl methyl sites for hydroxylation is 1. The predicted octanol–water partition coefficient (Wildman–Crippen LogP) is 1.83. The van der Waals surface area contributed by atoms with Gasteiger partial charge in [0, 0.05) is 18.5 Å². The summed E-state index contributed by atoms with van der Waals surface area (Å²) in [4.78, 5) is 4.34. The number of hydrogen-bond donors (Lipinski definition) is 2. The van der Waals surface area contributed by atoms with Gasteiger partial charge in [0.15, 0.2) is 0 Å². The van der Waals surface area contributed by atoms with Gasteiger partial charge in [0.25, 0.3) is 0 Å². The van der Waals surface area contributed by atoms with E-state index in [0.29, 0.717) is 13.0 Å². The summed E-state index contributed by atoms with van der Waals surface area (Å²) < 4.78 is 7.60. The summed E-state index contributed by atoms with van der Waals surface area (Å²) in [6.07, 6.45) is 3.28. The monoisotopic (exact) mass is 289 g/mol. The zero-order valence-electron chi connectivity index (χ0n) is 12.6. The van der Waals surface area contributed by atoms with Crippen LogP contribution in [0.1, 0.15) is 37.7 Å². The standard InChI is InChI=1S/C15H23N5O/c1-3-9-20-15(17-11-18-20)10-13(19-16)12-7-5-6-8-14(12)21-4-2/h5-8,11,13,19H,3-4,9-10,16H2,1-2H3. The van der Waals surface area contributed by atoms with Crippen LogP contribution in [0.5, 0.6) is 5.75 Å². The summed E-state index contributed by atoms with van der Waals surface area (Å²) in [7, 11) is 0. The van der Waals surface area contributed by atoms with E-state index in [9.17, 15) is 0 Å². The Hall–Kier alpha value is -1.92. The maximum atomic E-state index is 5.75. The Morgan fingerprint density at radius 2 is 2.14 bits per heavy atom. The highest BCUT2D eigenvalue weighted by Gasteiger charge is 2.18. The molecular formula is C15H23N5O. The van der Waals surface area contributed by atoms with Gasteiger partial charge in [-0.25, -0.2) is 4.98 Å². The second-order valence-corrected chi connectivity index (χ2v) is 4.79. The molecule has 6 nitrogen and oxygen atoms in total. The molecule has 2 rings (SSSR count). The Labute approximate surface area is 125 Å². The highest BCUT2D eigenvalue weighted by Crippen LogP contribution is 2.26. The first kappa shape index (κ1) is 15.5. The van der Waals surface area contributed by atoms with Crippen LogP contribution < -0.4 is 16.0 Å². The van der Waals surface area contributed by atoms with Crippen LogP contribution in [0.4, 0.5) is 0 Å². The number of hydrazine groups is 1. The first-order valence-corrected chi connectivity index (χ1v) is 7.34. The van der Waals surface area contributed by atoms with Gasteiger partial charge in [0.1, 0.15) is 17.9 Å². The zero-order chi connectivity index (χ0) is 15.1. The molecule has 114 valence electrons. The average molecular weight is 289 g/mol. The zero-order valence-corrected chi connectivity index (χ0v) is 12.6. The number of nitrogens with zero attached hydrogens (tertiary/aromatic N) is 3. The highest BCUT2D eigenvalue weighted by atomic mass is 16.5. The third-order valence-electron chi connectivity index (χ3n) is 3.31. The van der Waals surface area contributed by atoms with E-state index in [1.54, 1.807) is 6.33 Å². The molecular weight excluding hydrogens is 266 g/mol. The molecule has 2 aromatic rings. The van der Waals surface area contributed by atoms with Crippen molar-refractivity contribution >= 4 is 0 Å². The van der Waals surface area contributed by atoms with Crippen molar-refractivity contribution in [3.8, 4) is 5.75 Å². The van der Waals surface area contributed by atoms with E-state index in [2.05, 4.69) is 22.4 Å². The maximum absolute atomic E-state index is 5.75. The van der Waals surface area contributed by atoms with Gasteiger partial charge in [-0.05, 0) is 19.4 Å². The van der Waals surface area contributed by atoms with Gasteiger partial charge in [-0.15, -0.1) is 0 Å². The van der Waals surface area contributed by atoms with E-state index in [1.807, 2.05) is 35.9 Å². The highest BCUT2D eigenvalue weighted by molar-refractivity contribution is 5.36. The number of hydrogen-bond acceptors (Lipinski definition) is 5. The average Bonchev–Trinajstić information content (AvgIpc) is 2.93. The Bertz CT molecular complexity index is 555. The van der Waals surface area contributed by atoms with Gasteiger partial charge in [-0.1, -0.05) is 25.1 Å². The van der Waals surface area contributed by atoms with Crippen LogP contribution in [-0.4, -0.2) is 21.4 Å². The van der Waals surface area contributed by atoms with E-state index in [0.717, 1.165) is 30.1 Å². The van der Waals surface area contributed by atoms with E-state index in [1.165, 1.54) is 0 Å². The quantitative estimate of drug-likeness (QED) is 0.572. The molecule has 6 heteroatoms. The maximum Gasteiger partial charge on any atom is 0.138 e. The van der Waals surface area contributed by atoms with E-state index in [-0.39, 0.29) is 6.04 Å². The molecule has 0 aliphatic rings. The minimum Gasteiger partial charge on any atom is -0.494 e. The molecule has 1 heterocycles. The Morgan fingerprint density at radius 3 is 2.86 bits per heavy atom. The fourth-order valence-corrected chi connectivity index (χ4v) is 2.34. The van der Waals surface area contributed by atoms with E-state index in [4.69, 9.17) is 10.6 Å². The number of rotatable bonds is 8. The number of para-hydroxylation sites is 1. The summed E-state index contributed by atoms with van der Waals surface area (Å²) in [5.41, 5.74) is 3.90. The Kier molecular flexibility index (Phi) is 5.71. The lowest BCUT2D eigenvalue weighted by Gasteiger charge is -2.19. The fraction of sp³-hybridized carbons (Fsp3) is 0.467. The van der Waals surface area contributed by atoms with Crippen LogP contribution >= 0.6 is 0 Å². The second kappa shape index (κ2) is 7.75. The number of nitrogens with one attached hydrogen (secondary N) is 1. The van der Waals surface area contributed by atoms with Gasteiger partial charge in [-0.2, -0.15) is 5.10 Å².